The lowest BCUT2D eigenvalue weighted by molar-refractivity contribution is -0.117. The second-order valence-corrected chi connectivity index (χ2v) is 5.85. The molecule has 0 saturated heterocycles. The van der Waals surface area contributed by atoms with Crippen molar-refractivity contribution in [1.29, 1.82) is 0 Å². The first-order valence-corrected chi connectivity index (χ1v) is 8.12. The van der Waals surface area contributed by atoms with Gasteiger partial charge in [-0.25, -0.2) is 0 Å². The molecule has 0 aliphatic rings. The highest BCUT2D eigenvalue weighted by molar-refractivity contribution is 9.10. The zero-order chi connectivity index (χ0) is 17.5. The van der Waals surface area contributed by atoms with E-state index in [4.69, 9.17) is 4.74 Å². The first kappa shape index (κ1) is 17.8. The zero-order valence-electron chi connectivity index (χ0n) is 13.4. The van der Waals surface area contributed by atoms with E-state index in [1.807, 2.05) is 31.2 Å². The summed E-state index contributed by atoms with van der Waals surface area (Å²) in [5.41, 5.74) is 5.99. The fourth-order valence-corrected chi connectivity index (χ4v) is 2.51. The van der Waals surface area contributed by atoms with Gasteiger partial charge in [0.25, 0.3) is 11.8 Å². The number of amides is 2. The first-order chi connectivity index (χ1) is 11.5. The number of benzene rings is 1. The Labute approximate surface area is 148 Å². The van der Waals surface area contributed by atoms with Crippen molar-refractivity contribution in [3.8, 4) is 5.75 Å². The van der Waals surface area contributed by atoms with Gasteiger partial charge >= 0.3 is 0 Å². The highest BCUT2D eigenvalue weighted by Crippen LogP contribution is 2.14. The predicted molar refractivity (Wildman–Crippen MR) is 95.4 cm³/mol. The molecule has 0 aliphatic heterocycles. The number of aromatic nitrogens is 1. The summed E-state index contributed by atoms with van der Waals surface area (Å²) in [6, 6.07) is 9.01. The molecule has 0 aliphatic carbocycles. The fourth-order valence-electron chi connectivity index (χ4n) is 1.99. The van der Waals surface area contributed by atoms with Crippen LogP contribution >= 0.6 is 15.9 Å². The maximum absolute atomic E-state index is 12.0. The Balaban J connectivity index is 1.86. The third-order valence-electron chi connectivity index (χ3n) is 3.12. The molecule has 6 nitrogen and oxygen atoms in total. The SMILES string of the molecule is CCOc1ccc(/C=C/C(=O)NNC(=O)c2cc(Br)cn2C)cc1. The number of rotatable bonds is 5. The van der Waals surface area contributed by atoms with Crippen LogP contribution < -0.4 is 15.6 Å². The number of nitrogens with one attached hydrogen (secondary N) is 2. The highest BCUT2D eigenvalue weighted by atomic mass is 79.9. The number of carbonyl (C=O) groups is 2. The van der Waals surface area contributed by atoms with Crippen LogP contribution in [-0.2, 0) is 11.8 Å². The van der Waals surface area contributed by atoms with Gasteiger partial charge in [-0.3, -0.25) is 20.4 Å². The van der Waals surface area contributed by atoms with E-state index in [-0.39, 0.29) is 0 Å². The molecule has 1 aromatic heterocycles. The molecule has 0 saturated carbocycles. The summed E-state index contributed by atoms with van der Waals surface area (Å²) in [6.45, 7) is 2.52. The number of carbonyl (C=O) groups excluding carboxylic acids is 2. The Bertz CT molecular complexity index is 751. The van der Waals surface area contributed by atoms with E-state index >= 15 is 0 Å². The van der Waals surface area contributed by atoms with E-state index < -0.39 is 11.8 Å². The molecule has 2 aromatic rings. The van der Waals surface area contributed by atoms with Gasteiger partial charge in [0.1, 0.15) is 11.4 Å². The molecule has 0 atom stereocenters. The van der Waals surface area contributed by atoms with Crippen LogP contribution in [0.15, 0.2) is 47.1 Å². The van der Waals surface area contributed by atoms with Gasteiger partial charge in [0.15, 0.2) is 0 Å². The minimum absolute atomic E-state index is 0.397. The largest absolute Gasteiger partial charge is 0.494 e. The Morgan fingerprint density at radius 2 is 1.96 bits per heavy atom. The monoisotopic (exact) mass is 391 g/mol. The van der Waals surface area contributed by atoms with Gasteiger partial charge in [0, 0.05) is 23.8 Å². The quantitative estimate of drug-likeness (QED) is 0.607. The third kappa shape index (κ3) is 4.99. The molecule has 1 heterocycles. The van der Waals surface area contributed by atoms with Gasteiger partial charge in [0.2, 0.25) is 0 Å². The minimum atomic E-state index is -0.425. The van der Waals surface area contributed by atoms with Crippen LogP contribution in [0, 0.1) is 0 Å². The second kappa shape index (κ2) is 8.35. The molecule has 0 radical (unpaired) electrons. The third-order valence-corrected chi connectivity index (χ3v) is 3.56. The summed E-state index contributed by atoms with van der Waals surface area (Å²) < 4.78 is 7.79. The molecule has 0 unspecified atom stereocenters. The Morgan fingerprint density at radius 3 is 2.54 bits per heavy atom. The maximum atomic E-state index is 12.0. The summed E-state index contributed by atoms with van der Waals surface area (Å²) in [6.07, 6.45) is 4.75. The second-order valence-electron chi connectivity index (χ2n) is 4.93. The lowest BCUT2D eigenvalue weighted by Gasteiger charge is -2.06. The molecule has 2 amide bonds. The summed E-state index contributed by atoms with van der Waals surface area (Å²) >= 11 is 3.29. The van der Waals surface area contributed by atoms with Crippen molar-refractivity contribution in [1.82, 2.24) is 15.4 Å². The average molecular weight is 392 g/mol. The summed E-state index contributed by atoms with van der Waals surface area (Å²) in [7, 11) is 1.74. The number of nitrogens with zero attached hydrogens (tertiary/aromatic N) is 1. The number of ether oxygens (including phenoxy) is 1. The lowest BCUT2D eigenvalue weighted by Crippen LogP contribution is -2.41. The molecule has 0 spiro atoms. The van der Waals surface area contributed by atoms with Gasteiger partial charge in [-0.15, -0.1) is 0 Å². The highest BCUT2D eigenvalue weighted by Gasteiger charge is 2.11. The Morgan fingerprint density at radius 1 is 1.25 bits per heavy atom. The Kier molecular flexibility index (Phi) is 6.20. The summed E-state index contributed by atoms with van der Waals surface area (Å²) in [5, 5.41) is 0. The number of halogens is 1. The number of aryl methyl sites for hydroxylation is 1. The van der Waals surface area contributed by atoms with Gasteiger partial charge in [-0.2, -0.15) is 0 Å². The molecule has 2 rings (SSSR count). The number of hydrogen-bond donors (Lipinski definition) is 2. The summed E-state index contributed by atoms with van der Waals surface area (Å²) in [5.74, 6) is -0.0448. The topological polar surface area (TPSA) is 72.4 Å². The molecule has 0 fully saturated rings. The molecule has 126 valence electrons. The van der Waals surface area contributed by atoms with Crippen LogP contribution in [0.2, 0.25) is 0 Å². The Hall–Kier alpha value is -2.54. The van der Waals surface area contributed by atoms with Crippen LogP contribution in [0.5, 0.6) is 5.75 Å². The van der Waals surface area contributed by atoms with E-state index in [0.717, 1.165) is 15.8 Å². The summed E-state index contributed by atoms with van der Waals surface area (Å²) in [4.78, 5) is 23.7. The van der Waals surface area contributed by atoms with Crippen molar-refractivity contribution in [3.63, 3.8) is 0 Å². The van der Waals surface area contributed by atoms with Crippen molar-refractivity contribution in [2.45, 2.75) is 6.92 Å². The van der Waals surface area contributed by atoms with Gasteiger partial charge in [-0.05, 0) is 52.7 Å². The van der Waals surface area contributed by atoms with Crippen molar-refractivity contribution >= 4 is 33.8 Å². The standard InChI is InChI=1S/C17H18BrN3O3/c1-3-24-14-7-4-12(5-8-14)6-9-16(22)19-20-17(23)15-10-13(18)11-21(15)2/h4-11H,3H2,1-2H3,(H,19,22)(H,20,23)/b9-6+. The van der Waals surface area contributed by atoms with Gasteiger partial charge < -0.3 is 9.30 Å². The normalized spacial score (nSPS) is 10.6. The molecular weight excluding hydrogens is 374 g/mol. The van der Waals surface area contributed by atoms with Crippen LogP contribution in [-0.4, -0.2) is 23.0 Å². The van der Waals surface area contributed by atoms with Crippen molar-refractivity contribution < 1.29 is 14.3 Å². The van der Waals surface area contributed by atoms with Crippen molar-refractivity contribution in [2.24, 2.45) is 7.05 Å². The van der Waals surface area contributed by atoms with Crippen LogP contribution in [0.1, 0.15) is 23.0 Å². The van der Waals surface area contributed by atoms with Gasteiger partial charge in [0.05, 0.1) is 6.61 Å². The molecule has 0 bridgehead atoms. The molecule has 7 heteroatoms. The molecule has 24 heavy (non-hydrogen) atoms. The van der Waals surface area contributed by atoms with Crippen LogP contribution in [0.25, 0.3) is 6.08 Å². The molecular formula is C17H18BrN3O3. The zero-order valence-corrected chi connectivity index (χ0v) is 15.0. The average Bonchev–Trinajstić information content (AvgIpc) is 2.91. The molecule has 2 N–H and O–H groups in total. The van der Waals surface area contributed by atoms with Crippen molar-refractivity contribution in [2.75, 3.05) is 6.61 Å². The van der Waals surface area contributed by atoms with Crippen LogP contribution in [0.4, 0.5) is 0 Å². The fraction of sp³-hybridized carbons (Fsp3) is 0.176. The lowest BCUT2D eigenvalue weighted by atomic mass is 10.2. The molecule has 1 aromatic carbocycles. The van der Waals surface area contributed by atoms with E-state index in [0.29, 0.717) is 12.3 Å². The van der Waals surface area contributed by atoms with Crippen LogP contribution in [0.3, 0.4) is 0 Å². The minimum Gasteiger partial charge on any atom is -0.494 e. The smallest absolute Gasteiger partial charge is 0.286 e. The predicted octanol–water partition coefficient (Wildman–Crippen LogP) is 2.66. The number of hydrazine groups is 1. The van der Waals surface area contributed by atoms with Crippen molar-refractivity contribution in [3.05, 3.63) is 58.3 Å². The van der Waals surface area contributed by atoms with Gasteiger partial charge in [-0.1, -0.05) is 12.1 Å². The van der Waals surface area contributed by atoms with E-state index in [2.05, 4.69) is 26.8 Å². The van der Waals surface area contributed by atoms with E-state index in [1.54, 1.807) is 30.0 Å². The maximum Gasteiger partial charge on any atom is 0.286 e. The first-order valence-electron chi connectivity index (χ1n) is 7.32. The van der Waals surface area contributed by atoms with E-state index in [1.165, 1.54) is 6.08 Å². The van der Waals surface area contributed by atoms with E-state index in [9.17, 15) is 9.59 Å². The number of hydrogen-bond acceptors (Lipinski definition) is 3.